The van der Waals surface area contributed by atoms with E-state index in [-0.39, 0.29) is 30.9 Å². The molecule has 0 saturated carbocycles. The molecule has 9 heteroatoms. The number of ether oxygens (including phenoxy) is 2. The van der Waals surface area contributed by atoms with E-state index in [0.717, 1.165) is 16.2 Å². The highest BCUT2D eigenvalue weighted by Gasteiger charge is 2.35. The lowest BCUT2D eigenvalue weighted by Gasteiger charge is -2.27. The molecule has 1 aliphatic rings. The molecule has 2 N–H and O–H groups in total. The first-order valence-corrected chi connectivity index (χ1v) is 11.1. The molecular formula is C26H22N2O7. The molecule has 2 aromatic carbocycles. The normalized spacial score (nSPS) is 15.7. The van der Waals surface area contributed by atoms with Crippen LogP contribution in [0.2, 0.25) is 0 Å². The lowest BCUT2D eigenvalue weighted by molar-refractivity contribution is -0.143. The van der Waals surface area contributed by atoms with Gasteiger partial charge in [0, 0.05) is 10.9 Å². The van der Waals surface area contributed by atoms with Crippen molar-refractivity contribution >= 4 is 39.7 Å². The third-order valence-corrected chi connectivity index (χ3v) is 5.73. The average Bonchev–Trinajstić information content (AvgIpc) is 3.53. The molecule has 2 amide bonds. The Morgan fingerprint density at radius 1 is 1.03 bits per heavy atom. The monoisotopic (exact) mass is 474 g/mol. The topological polar surface area (TPSA) is 120 Å². The second kappa shape index (κ2) is 9.38. The van der Waals surface area contributed by atoms with E-state index in [1.165, 1.54) is 6.26 Å². The Labute approximate surface area is 199 Å². The molecule has 2 aromatic heterocycles. The number of rotatable bonds is 7. The summed E-state index contributed by atoms with van der Waals surface area (Å²) in [5, 5.41) is 8.05. The number of amides is 2. The second-order valence-electron chi connectivity index (χ2n) is 7.92. The van der Waals surface area contributed by atoms with Gasteiger partial charge in [0.1, 0.15) is 24.0 Å². The fraction of sp³-hybridized carbons (Fsp3) is 0.192. The smallest absolute Gasteiger partial charge is 0.338 e. The van der Waals surface area contributed by atoms with Gasteiger partial charge in [-0.3, -0.25) is 4.79 Å². The van der Waals surface area contributed by atoms with Crippen molar-refractivity contribution in [2.24, 2.45) is 0 Å². The van der Waals surface area contributed by atoms with E-state index in [9.17, 15) is 14.4 Å². The number of esters is 2. The largest absolute Gasteiger partial charge is 0.467 e. The molecule has 0 saturated heterocycles. The Morgan fingerprint density at radius 2 is 1.89 bits per heavy atom. The van der Waals surface area contributed by atoms with E-state index in [4.69, 9.17) is 18.3 Å². The number of urea groups is 1. The van der Waals surface area contributed by atoms with Gasteiger partial charge in [-0.25, -0.2) is 9.59 Å². The fourth-order valence-electron chi connectivity index (χ4n) is 4.21. The van der Waals surface area contributed by atoms with Crippen LogP contribution in [0.25, 0.3) is 21.7 Å². The molecule has 0 unspecified atom stereocenters. The summed E-state index contributed by atoms with van der Waals surface area (Å²) >= 11 is 0. The van der Waals surface area contributed by atoms with Crippen molar-refractivity contribution < 1.29 is 32.7 Å². The molecule has 5 rings (SSSR count). The van der Waals surface area contributed by atoms with Crippen molar-refractivity contribution in [1.29, 1.82) is 0 Å². The van der Waals surface area contributed by atoms with E-state index < -0.39 is 24.0 Å². The van der Waals surface area contributed by atoms with Gasteiger partial charge in [-0.15, -0.1) is 0 Å². The van der Waals surface area contributed by atoms with E-state index in [1.54, 1.807) is 25.3 Å². The molecule has 178 valence electrons. The van der Waals surface area contributed by atoms with Gasteiger partial charge in [0.25, 0.3) is 0 Å². The van der Waals surface area contributed by atoms with Gasteiger partial charge in [0.15, 0.2) is 0 Å². The summed E-state index contributed by atoms with van der Waals surface area (Å²) in [6.45, 7) is 1.48. The molecule has 0 aliphatic carbocycles. The molecule has 9 nitrogen and oxygen atoms in total. The van der Waals surface area contributed by atoms with E-state index in [0.29, 0.717) is 16.9 Å². The third-order valence-electron chi connectivity index (χ3n) is 5.73. The Bertz CT molecular complexity index is 1450. The first-order valence-electron chi connectivity index (χ1n) is 11.1. The molecular weight excluding hydrogens is 452 g/mol. The van der Waals surface area contributed by atoms with E-state index in [1.807, 2.05) is 36.4 Å². The van der Waals surface area contributed by atoms with Crippen LogP contribution >= 0.6 is 0 Å². The number of nitrogens with one attached hydrogen (secondary N) is 2. The van der Waals surface area contributed by atoms with Gasteiger partial charge in [0.2, 0.25) is 0 Å². The quantitative estimate of drug-likeness (QED) is 0.386. The lowest BCUT2D eigenvalue weighted by atomic mass is 10.0. The maximum Gasteiger partial charge on any atom is 0.338 e. The number of fused-ring (bicyclic) bond motifs is 3. The Hall–Kier alpha value is -4.53. The maximum absolute atomic E-state index is 12.8. The number of benzene rings is 2. The molecule has 3 heterocycles. The number of hydrogen-bond acceptors (Lipinski definition) is 7. The first-order chi connectivity index (χ1) is 17.0. The fourth-order valence-corrected chi connectivity index (χ4v) is 4.21. The van der Waals surface area contributed by atoms with Gasteiger partial charge in [0.05, 0.1) is 36.8 Å². The predicted octanol–water partition coefficient (Wildman–Crippen LogP) is 4.14. The van der Waals surface area contributed by atoms with Crippen molar-refractivity contribution in [3.05, 3.63) is 83.7 Å². The number of hydrogen-bond donors (Lipinski definition) is 2. The van der Waals surface area contributed by atoms with Crippen LogP contribution in [0.4, 0.5) is 4.79 Å². The van der Waals surface area contributed by atoms with Crippen LogP contribution in [0.1, 0.15) is 24.3 Å². The van der Waals surface area contributed by atoms with Gasteiger partial charge < -0.3 is 28.9 Å². The molecule has 0 radical (unpaired) electrons. The Kier molecular flexibility index (Phi) is 5.97. The summed E-state index contributed by atoms with van der Waals surface area (Å²) in [7, 11) is 0. The molecule has 0 spiro atoms. The van der Waals surface area contributed by atoms with Crippen molar-refractivity contribution in [1.82, 2.24) is 10.6 Å². The number of furan rings is 2. The van der Waals surface area contributed by atoms with Crippen LogP contribution in [-0.2, 0) is 25.5 Å². The minimum absolute atomic E-state index is 0.0448. The van der Waals surface area contributed by atoms with Crippen LogP contribution in [0.15, 0.2) is 81.2 Å². The van der Waals surface area contributed by atoms with Crippen molar-refractivity contribution in [3.63, 3.8) is 0 Å². The summed E-state index contributed by atoms with van der Waals surface area (Å²) in [6, 6.07) is 13.5. The highest BCUT2D eigenvalue weighted by molar-refractivity contribution is 6.08. The van der Waals surface area contributed by atoms with E-state index in [2.05, 4.69) is 10.6 Å². The van der Waals surface area contributed by atoms with Crippen LogP contribution in [0.5, 0.6) is 0 Å². The molecule has 1 aliphatic heterocycles. The summed E-state index contributed by atoms with van der Waals surface area (Å²) < 4.78 is 21.7. The zero-order valence-corrected chi connectivity index (χ0v) is 18.8. The van der Waals surface area contributed by atoms with E-state index >= 15 is 0 Å². The van der Waals surface area contributed by atoms with Gasteiger partial charge >= 0.3 is 18.0 Å². The predicted molar refractivity (Wildman–Crippen MR) is 125 cm³/mol. The molecule has 1 atom stereocenters. The van der Waals surface area contributed by atoms with Crippen LogP contribution in [0.3, 0.4) is 0 Å². The molecule has 0 bridgehead atoms. The lowest BCUT2D eigenvalue weighted by Crippen LogP contribution is -2.47. The highest BCUT2D eigenvalue weighted by Crippen LogP contribution is 2.31. The van der Waals surface area contributed by atoms with Crippen molar-refractivity contribution in [2.75, 3.05) is 13.2 Å². The zero-order valence-electron chi connectivity index (χ0n) is 18.8. The Morgan fingerprint density at radius 3 is 2.69 bits per heavy atom. The average molecular weight is 474 g/mol. The number of carbonyl (C=O) groups excluding carboxylic acids is 3. The van der Waals surface area contributed by atoms with Gasteiger partial charge in [-0.1, -0.05) is 30.3 Å². The highest BCUT2D eigenvalue weighted by atomic mass is 16.5. The van der Waals surface area contributed by atoms with Crippen LogP contribution in [0, 0.1) is 0 Å². The third kappa shape index (κ3) is 4.35. The summed E-state index contributed by atoms with van der Waals surface area (Å²) in [4.78, 5) is 37.8. The standard InChI is InChI=1S/C26H22N2O7/c1-2-32-25(30)23-18(27-26(31)28-24(23)20-8-5-11-33-20)14-35-21(29)12-16-13-34-19-10-9-15-6-3-4-7-17(15)22(16)19/h3-11,13,24H,2,12,14H2,1H3,(H2,27,28,31)/t24-/m1/s1. The SMILES string of the molecule is CCOC(=O)C1=C(COC(=O)Cc2coc3ccc4ccccc4c23)NC(=O)N[C@@H]1c1ccco1. The van der Waals surface area contributed by atoms with Gasteiger partial charge in [-0.05, 0) is 35.9 Å². The molecule has 4 aromatic rings. The molecule has 0 fully saturated rings. The van der Waals surface area contributed by atoms with Crippen LogP contribution < -0.4 is 10.6 Å². The maximum atomic E-state index is 12.8. The molecule has 35 heavy (non-hydrogen) atoms. The summed E-state index contributed by atoms with van der Waals surface area (Å²) in [5.41, 5.74) is 1.59. The van der Waals surface area contributed by atoms with Gasteiger partial charge in [-0.2, -0.15) is 0 Å². The zero-order chi connectivity index (χ0) is 24.4. The summed E-state index contributed by atoms with van der Waals surface area (Å²) in [5.74, 6) is -0.845. The number of carbonyl (C=O) groups is 3. The van der Waals surface area contributed by atoms with Crippen LogP contribution in [-0.4, -0.2) is 31.2 Å². The van der Waals surface area contributed by atoms with Crippen molar-refractivity contribution in [2.45, 2.75) is 19.4 Å². The minimum atomic E-state index is -0.879. The first kappa shape index (κ1) is 22.3. The summed E-state index contributed by atoms with van der Waals surface area (Å²) in [6.07, 6.45) is 2.93. The minimum Gasteiger partial charge on any atom is -0.467 e. The second-order valence-corrected chi connectivity index (χ2v) is 7.92. The Balaban J connectivity index is 1.39. The van der Waals surface area contributed by atoms with Crippen molar-refractivity contribution in [3.8, 4) is 0 Å².